The van der Waals surface area contributed by atoms with E-state index in [4.69, 9.17) is 9.47 Å². The molecule has 3 heterocycles. The second-order valence-electron chi connectivity index (χ2n) is 7.44. The summed E-state index contributed by atoms with van der Waals surface area (Å²) in [7, 11) is 1.86. The molecule has 0 bridgehead atoms. The summed E-state index contributed by atoms with van der Waals surface area (Å²) in [6.45, 7) is 6.31. The molecule has 28 heavy (non-hydrogen) atoms. The molecule has 0 aliphatic carbocycles. The summed E-state index contributed by atoms with van der Waals surface area (Å²) >= 11 is 0. The van der Waals surface area contributed by atoms with Crippen molar-refractivity contribution in [3.05, 3.63) is 35.5 Å². The number of ether oxygens (including phenoxy) is 2. The maximum absolute atomic E-state index is 5.96. The van der Waals surface area contributed by atoms with Crippen LogP contribution in [0.2, 0.25) is 0 Å². The van der Waals surface area contributed by atoms with Gasteiger partial charge in [0, 0.05) is 50.4 Å². The summed E-state index contributed by atoms with van der Waals surface area (Å²) in [5, 5.41) is 4.85. The fourth-order valence-electron chi connectivity index (χ4n) is 4.20. The minimum atomic E-state index is 0. The van der Waals surface area contributed by atoms with Crippen LogP contribution in [0.3, 0.4) is 0 Å². The summed E-state index contributed by atoms with van der Waals surface area (Å²) in [6, 6.07) is 6.46. The summed E-state index contributed by atoms with van der Waals surface area (Å²) in [6.07, 6.45) is 5.72. The molecule has 2 aliphatic heterocycles. The summed E-state index contributed by atoms with van der Waals surface area (Å²) in [5.41, 5.74) is 3.87. The Labute approximate surface area is 184 Å². The zero-order valence-corrected chi connectivity index (χ0v) is 19.1. The third kappa shape index (κ3) is 4.63. The fourth-order valence-corrected chi connectivity index (χ4v) is 4.20. The number of hydrogen-bond donors (Lipinski definition) is 2. The largest absolute Gasteiger partial charge is 0.375 e. The molecule has 7 heteroatoms. The van der Waals surface area contributed by atoms with Crippen molar-refractivity contribution >= 4 is 40.8 Å². The average molecular weight is 498 g/mol. The van der Waals surface area contributed by atoms with Crippen molar-refractivity contribution in [3.63, 3.8) is 0 Å². The number of nitrogens with zero attached hydrogens (tertiary/aromatic N) is 2. The van der Waals surface area contributed by atoms with Gasteiger partial charge in [0.15, 0.2) is 5.96 Å². The molecule has 2 fully saturated rings. The number of nitrogens with one attached hydrogen (secondary N) is 2. The molecule has 0 spiro atoms. The quantitative estimate of drug-likeness (QED) is 0.387. The predicted octanol–water partition coefficient (Wildman–Crippen LogP) is 3.09. The van der Waals surface area contributed by atoms with E-state index >= 15 is 0 Å². The van der Waals surface area contributed by atoms with Crippen molar-refractivity contribution in [3.8, 4) is 0 Å². The first-order valence-corrected chi connectivity index (χ1v) is 10.0. The lowest BCUT2D eigenvalue weighted by Crippen LogP contribution is -2.53. The minimum absolute atomic E-state index is 0. The Hall–Kier alpha value is -1.32. The van der Waals surface area contributed by atoms with Crippen molar-refractivity contribution in [1.29, 1.82) is 0 Å². The highest BCUT2D eigenvalue weighted by Crippen LogP contribution is 2.22. The van der Waals surface area contributed by atoms with Crippen molar-refractivity contribution in [2.75, 3.05) is 39.9 Å². The molecule has 2 aromatic rings. The van der Waals surface area contributed by atoms with Gasteiger partial charge in [-0.05, 0) is 37.3 Å². The molecule has 1 aromatic carbocycles. The van der Waals surface area contributed by atoms with E-state index in [1.165, 1.54) is 22.0 Å². The van der Waals surface area contributed by atoms with Crippen molar-refractivity contribution in [2.24, 2.45) is 4.99 Å². The van der Waals surface area contributed by atoms with Gasteiger partial charge in [-0.25, -0.2) is 0 Å². The molecule has 0 saturated carbocycles. The molecule has 2 atom stereocenters. The number of hydrogen-bond acceptors (Lipinski definition) is 3. The highest BCUT2D eigenvalue weighted by molar-refractivity contribution is 14.0. The molecule has 4 rings (SSSR count). The van der Waals surface area contributed by atoms with Gasteiger partial charge in [-0.15, -0.1) is 24.0 Å². The number of fused-ring (bicyclic) bond motifs is 1. The van der Waals surface area contributed by atoms with E-state index in [2.05, 4.69) is 51.5 Å². The zero-order valence-electron chi connectivity index (χ0n) is 16.7. The average Bonchev–Trinajstić information content (AvgIpc) is 3.36. The van der Waals surface area contributed by atoms with Gasteiger partial charge in [-0.1, -0.05) is 18.2 Å². The number of halogens is 1. The van der Waals surface area contributed by atoms with Gasteiger partial charge >= 0.3 is 0 Å². The molecular formula is C21H31IN4O2. The van der Waals surface area contributed by atoms with Crippen LogP contribution >= 0.6 is 24.0 Å². The lowest BCUT2D eigenvalue weighted by molar-refractivity contribution is -0.0816. The van der Waals surface area contributed by atoms with E-state index in [1.807, 2.05) is 7.05 Å². The van der Waals surface area contributed by atoms with Gasteiger partial charge in [-0.3, -0.25) is 4.99 Å². The first-order valence-electron chi connectivity index (χ1n) is 10.0. The minimum Gasteiger partial charge on any atom is -0.375 e. The van der Waals surface area contributed by atoms with Crippen LogP contribution in [0.4, 0.5) is 0 Å². The van der Waals surface area contributed by atoms with Crippen LogP contribution in [0.1, 0.15) is 24.0 Å². The van der Waals surface area contributed by atoms with Gasteiger partial charge in [0.05, 0.1) is 12.7 Å². The highest BCUT2D eigenvalue weighted by Gasteiger charge is 2.32. The van der Waals surface area contributed by atoms with E-state index in [9.17, 15) is 0 Å². The maximum Gasteiger partial charge on any atom is 0.193 e. The first-order chi connectivity index (χ1) is 13.3. The number of aryl methyl sites for hydroxylation is 1. The molecule has 154 valence electrons. The molecule has 2 aliphatic rings. The third-order valence-corrected chi connectivity index (χ3v) is 5.67. The summed E-state index contributed by atoms with van der Waals surface area (Å²) < 4.78 is 11.8. The number of morpholine rings is 1. The van der Waals surface area contributed by atoms with Crippen molar-refractivity contribution in [1.82, 2.24) is 15.2 Å². The molecule has 2 saturated heterocycles. The third-order valence-electron chi connectivity index (χ3n) is 5.67. The maximum atomic E-state index is 5.96. The number of guanidine groups is 1. The molecule has 0 radical (unpaired) electrons. The van der Waals surface area contributed by atoms with Gasteiger partial charge in [0.25, 0.3) is 0 Å². The molecule has 2 N–H and O–H groups in total. The number of para-hydroxylation sites is 1. The normalized spacial score (nSPS) is 23.1. The predicted molar refractivity (Wildman–Crippen MR) is 124 cm³/mol. The van der Waals surface area contributed by atoms with Crippen LogP contribution in [0.15, 0.2) is 29.4 Å². The number of aromatic nitrogens is 1. The van der Waals surface area contributed by atoms with Crippen molar-refractivity contribution < 1.29 is 9.47 Å². The second kappa shape index (κ2) is 9.93. The first kappa shape index (κ1) is 21.4. The standard InChI is InChI=1S/C21H30N4O2.HI/c1-15-5-3-6-17-16(13-24-20(15)17)8-9-23-21(22-2)25-10-12-27-19(14-25)18-7-4-11-26-18;/h3,5-6,13,18-19,24H,4,7-12,14H2,1-2H3,(H,22,23);1H. The van der Waals surface area contributed by atoms with Crippen molar-refractivity contribution in [2.45, 2.75) is 38.4 Å². The van der Waals surface area contributed by atoms with Crippen LogP contribution in [-0.4, -0.2) is 67.9 Å². The molecule has 1 aromatic heterocycles. The van der Waals surface area contributed by atoms with Crippen LogP contribution in [0.25, 0.3) is 10.9 Å². The molecule has 6 nitrogen and oxygen atoms in total. The van der Waals surface area contributed by atoms with Crippen LogP contribution in [-0.2, 0) is 15.9 Å². The van der Waals surface area contributed by atoms with E-state index in [0.29, 0.717) is 0 Å². The number of aliphatic imine (C=N–C) groups is 1. The Morgan fingerprint density at radius 2 is 2.14 bits per heavy atom. The number of benzene rings is 1. The fraction of sp³-hybridized carbons (Fsp3) is 0.571. The zero-order chi connectivity index (χ0) is 18.6. The topological polar surface area (TPSA) is 61.9 Å². The number of rotatable bonds is 4. The Balaban J connectivity index is 0.00000225. The highest BCUT2D eigenvalue weighted by atomic mass is 127. The SMILES string of the molecule is CN=C(NCCc1c[nH]c2c(C)cccc12)N1CCOC(C2CCCO2)C1.I. The summed E-state index contributed by atoms with van der Waals surface area (Å²) in [4.78, 5) is 10.2. The Morgan fingerprint density at radius 3 is 2.93 bits per heavy atom. The summed E-state index contributed by atoms with van der Waals surface area (Å²) in [5.74, 6) is 0.956. The van der Waals surface area contributed by atoms with Gasteiger partial charge in [-0.2, -0.15) is 0 Å². The second-order valence-corrected chi connectivity index (χ2v) is 7.44. The van der Waals surface area contributed by atoms with Gasteiger partial charge in [0.1, 0.15) is 6.10 Å². The van der Waals surface area contributed by atoms with Crippen LogP contribution < -0.4 is 5.32 Å². The smallest absolute Gasteiger partial charge is 0.193 e. The lowest BCUT2D eigenvalue weighted by Gasteiger charge is -2.37. The van der Waals surface area contributed by atoms with E-state index in [0.717, 1.165) is 58.1 Å². The van der Waals surface area contributed by atoms with E-state index in [-0.39, 0.29) is 36.2 Å². The van der Waals surface area contributed by atoms with Crippen LogP contribution in [0, 0.1) is 6.92 Å². The Morgan fingerprint density at radius 1 is 1.29 bits per heavy atom. The van der Waals surface area contributed by atoms with E-state index in [1.54, 1.807) is 0 Å². The van der Waals surface area contributed by atoms with Gasteiger partial charge in [0.2, 0.25) is 0 Å². The monoisotopic (exact) mass is 498 g/mol. The van der Waals surface area contributed by atoms with E-state index < -0.39 is 0 Å². The Kier molecular flexibility index (Phi) is 7.59. The molecule has 0 amide bonds. The lowest BCUT2D eigenvalue weighted by atomic mass is 10.1. The Bertz CT molecular complexity index is 801. The number of H-pyrrole nitrogens is 1. The molecular weight excluding hydrogens is 467 g/mol. The number of aromatic amines is 1. The van der Waals surface area contributed by atoms with Gasteiger partial charge < -0.3 is 24.7 Å². The molecule has 2 unspecified atom stereocenters. The van der Waals surface area contributed by atoms with Crippen LogP contribution in [0.5, 0.6) is 0 Å².